The molecule has 4 heteroatoms. The first-order valence-corrected chi connectivity index (χ1v) is 5.25. The number of hydrogen-bond acceptors (Lipinski definition) is 3. The van der Waals surface area contributed by atoms with Crippen LogP contribution in [0.2, 0.25) is 0 Å². The second kappa shape index (κ2) is 4.05. The first-order valence-electron chi connectivity index (χ1n) is 5.25. The highest BCUT2D eigenvalue weighted by molar-refractivity contribution is 5.93. The summed E-state index contributed by atoms with van der Waals surface area (Å²) < 4.78 is 5.22. The fraction of sp³-hybridized carbons (Fsp3) is 0.231. The van der Waals surface area contributed by atoms with Gasteiger partial charge in [-0.1, -0.05) is 17.7 Å². The van der Waals surface area contributed by atoms with Gasteiger partial charge in [0.1, 0.15) is 0 Å². The van der Waals surface area contributed by atoms with Crippen LogP contribution in [0, 0.1) is 20.8 Å². The molecular weight excluding hydrogens is 218 g/mol. The zero-order chi connectivity index (χ0) is 12.6. The Morgan fingerprint density at radius 1 is 1.24 bits per heavy atom. The Labute approximate surface area is 98.9 Å². The lowest BCUT2D eigenvalue weighted by Crippen LogP contribution is -2.00. The van der Waals surface area contributed by atoms with E-state index in [-0.39, 0.29) is 5.69 Å². The number of carboxylic acids is 1. The van der Waals surface area contributed by atoms with Gasteiger partial charge < -0.3 is 9.52 Å². The average Bonchev–Trinajstić information content (AvgIpc) is 2.64. The lowest BCUT2D eigenvalue weighted by molar-refractivity contribution is 0.0691. The molecule has 0 saturated carbocycles. The van der Waals surface area contributed by atoms with E-state index in [9.17, 15) is 4.79 Å². The van der Waals surface area contributed by atoms with Crippen LogP contribution in [0.3, 0.4) is 0 Å². The van der Waals surface area contributed by atoms with E-state index in [2.05, 4.69) is 4.98 Å². The first-order chi connectivity index (χ1) is 8.00. The number of benzene rings is 1. The van der Waals surface area contributed by atoms with Crippen molar-refractivity contribution in [1.82, 2.24) is 4.98 Å². The highest BCUT2D eigenvalue weighted by atomic mass is 16.4. The summed E-state index contributed by atoms with van der Waals surface area (Å²) in [6.07, 6.45) is 1.16. The predicted molar refractivity (Wildman–Crippen MR) is 63.1 cm³/mol. The van der Waals surface area contributed by atoms with E-state index in [1.165, 1.54) is 0 Å². The van der Waals surface area contributed by atoms with E-state index in [1.54, 1.807) is 0 Å². The highest BCUT2D eigenvalue weighted by Crippen LogP contribution is 2.30. The third-order valence-electron chi connectivity index (χ3n) is 2.67. The van der Waals surface area contributed by atoms with Crippen molar-refractivity contribution in [3.05, 3.63) is 40.9 Å². The van der Waals surface area contributed by atoms with Gasteiger partial charge in [0.2, 0.25) is 0 Å². The van der Waals surface area contributed by atoms with Crippen molar-refractivity contribution in [3.63, 3.8) is 0 Å². The van der Waals surface area contributed by atoms with Crippen molar-refractivity contribution in [2.24, 2.45) is 0 Å². The lowest BCUT2D eigenvalue weighted by Gasteiger charge is -2.09. The minimum absolute atomic E-state index is 0.0416. The van der Waals surface area contributed by atoms with Crippen molar-refractivity contribution >= 4 is 5.97 Å². The molecule has 0 fully saturated rings. The van der Waals surface area contributed by atoms with E-state index < -0.39 is 5.97 Å². The Morgan fingerprint density at radius 2 is 1.82 bits per heavy atom. The molecule has 2 rings (SSSR count). The Balaban J connectivity index is 2.69. The first kappa shape index (κ1) is 11.4. The Morgan fingerprint density at radius 3 is 2.35 bits per heavy atom. The van der Waals surface area contributed by atoms with Crippen molar-refractivity contribution < 1.29 is 14.3 Å². The number of aromatic nitrogens is 1. The summed E-state index contributed by atoms with van der Waals surface area (Å²) >= 11 is 0. The van der Waals surface area contributed by atoms with Gasteiger partial charge in [-0.2, -0.15) is 0 Å². The van der Waals surface area contributed by atoms with Crippen molar-refractivity contribution in [2.45, 2.75) is 20.8 Å². The van der Waals surface area contributed by atoms with Gasteiger partial charge in [0.05, 0.1) is 0 Å². The molecule has 0 aliphatic carbocycles. The minimum atomic E-state index is -1.08. The molecule has 0 atom stereocenters. The second-order valence-corrected chi connectivity index (χ2v) is 4.11. The number of nitrogens with zero attached hydrogens (tertiary/aromatic N) is 1. The van der Waals surface area contributed by atoms with Gasteiger partial charge in [-0.05, 0) is 31.9 Å². The SMILES string of the molecule is Cc1cc(C)c(-c2ocnc2C(=O)O)c(C)c1. The maximum absolute atomic E-state index is 11.0. The molecule has 17 heavy (non-hydrogen) atoms. The topological polar surface area (TPSA) is 63.3 Å². The smallest absolute Gasteiger partial charge is 0.358 e. The number of oxazole rings is 1. The molecule has 1 N–H and O–H groups in total. The summed E-state index contributed by atoms with van der Waals surface area (Å²) in [6, 6.07) is 3.99. The minimum Gasteiger partial charge on any atom is -0.476 e. The summed E-state index contributed by atoms with van der Waals surface area (Å²) in [6.45, 7) is 5.87. The van der Waals surface area contributed by atoms with E-state index in [0.29, 0.717) is 5.76 Å². The average molecular weight is 231 g/mol. The summed E-state index contributed by atoms with van der Waals surface area (Å²) in [4.78, 5) is 14.8. The summed E-state index contributed by atoms with van der Waals surface area (Å²) in [5, 5.41) is 9.03. The molecule has 0 aliphatic rings. The predicted octanol–water partition coefficient (Wildman–Crippen LogP) is 2.97. The van der Waals surface area contributed by atoms with Crippen LogP contribution in [0.1, 0.15) is 27.2 Å². The molecule has 4 nitrogen and oxygen atoms in total. The van der Waals surface area contributed by atoms with Crippen LogP contribution in [-0.4, -0.2) is 16.1 Å². The molecule has 88 valence electrons. The number of carbonyl (C=O) groups is 1. The lowest BCUT2D eigenvalue weighted by atomic mass is 9.97. The van der Waals surface area contributed by atoms with E-state index in [0.717, 1.165) is 28.6 Å². The molecule has 0 amide bonds. The molecule has 0 aliphatic heterocycles. The van der Waals surface area contributed by atoms with Gasteiger partial charge in [-0.25, -0.2) is 9.78 Å². The number of carboxylic acid groups (broad SMARTS) is 1. The monoisotopic (exact) mass is 231 g/mol. The standard InChI is InChI=1S/C13H13NO3/c1-7-4-8(2)10(9(3)5-7)12-11(13(15)16)14-6-17-12/h4-6H,1-3H3,(H,15,16). The van der Waals surface area contributed by atoms with Gasteiger partial charge in [0.15, 0.2) is 17.8 Å². The molecular formula is C13H13NO3. The molecule has 1 aromatic carbocycles. The quantitative estimate of drug-likeness (QED) is 0.863. The number of rotatable bonds is 2. The number of aromatic carboxylic acids is 1. The van der Waals surface area contributed by atoms with Gasteiger partial charge in [0, 0.05) is 5.56 Å². The molecule has 1 aromatic heterocycles. The van der Waals surface area contributed by atoms with Crippen LogP contribution < -0.4 is 0 Å². The third-order valence-corrected chi connectivity index (χ3v) is 2.67. The summed E-state index contributed by atoms with van der Waals surface area (Å²) in [7, 11) is 0. The summed E-state index contributed by atoms with van der Waals surface area (Å²) in [5.74, 6) is -0.749. The van der Waals surface area contributed by atoms with E-state index in [4.69, 9.17) is 9.52 Å². The Hall–Kier alpha value is -2.10. The highest BCUT2D eigenvalue weighted by Gasteiger charge is 2.20. The second-order valence-electron chi connectivity index (χ2n) is 4.11. The zero-order valence-corrected chi connectivity index (χ0v) is 9.94. The molecule has 2 aromatic rings. The fourth-order valence-electron chi connectivity index (χ4n) is 2.11. The van der Waals surface area contributed by atoms with Crippen LogP contribution in [0.4, 0.5) is 0 Å². The van der Waals surface area contributed by atoms with Gasteiger partial charge in [-0.15, -0.1) is 0 Å². The van der Waals surface area contributed by atoms with Gasteiger partial charge in [0.25, 0.3) is 0 Å². The maximum atomic E-state index is 11.0. The molecule has 0 spiro atoms. The zero-order valence-electron chi connectivity index (χ0n) is 9.94. The largest absolute Gasteiger partial charge is 0.476 e. The molecule has 1 heterocycles. The van der Waals surface area contributed by atoms with Crippen molar-refractivity contribution in [3.8, 4) is 11.3 Å². The molecule has 0 unspecified atom stereocenters. The maximum Gasteiger partial charge on any atom is 0.358 e. The normalized spacial score (nSPS) is 10.5. The van der Waals surface area contributed by atoms with Crippen molar-refractivity contribution in [2.75, 3.05) is 0 Å². The Kier molecular flexibility index (Phi) is 2.71. The van der Waals surface area contributed by atoms with Crippen LogP contribution in [-0.2, 0) is 0 Å². The number of hydrogen-bond donors (Lipinski definition) is 1. The van der Waals surface area contributed by atoms with E-state index >= 15 is 0 Å². The van der Waals surface area contributed by atoms with E-state index in [1.807, 2.05) is 32.9 Å². The Bertz CT molecular complexity index is 561. The molecule has 0 radical (unpaired) electrons. The summed E-state index contributed by atoms with van der Waals surface area (Å²) in [5.41, 5.74) is 3.88. The van der Waals surface area contributed by atoms with Crippen LogP contribution in [0.5, 0.6) is 0 Å². The number of aryl methyl sites for hydroxylation is 3. The fourth-order valence-corrected chi connectivity index (χ4v) is 2.11. The molecule has 0 saturated heterocycles. The van der Waals surface area contributed by atoms with Crippen LogP contribution >= 0.6 is 0 Å². The van der Waals surface area contributed by atoms with Crippen LogP contribution in [0.15, 0.2) is 22.9 Å². The van der Waals surface area contributed by atoms with Gasteiger partial charge in [-0.3, -0.25) is 0 Å². The molecule has 0 bridgehead atoms. The van der Waals surface area contributed by atoms with Gasteiger partial charge >= 0.3 is 5.97 Å². The third kappa shape index (κ3) is 1.93. The van der Waals surface area contributed by atoms with Crippen molar-refractivity contribution in [1.29, 1.82) is 0 Å². The van der Waals surface area contributed by atoms with Crippen LogP contribution in [0.25, 0.3) is 11.3 Å².